The van der Waals surface area contributed by atoms with Gasteiger partial charge in [0.25, 0.3) is 0 Å². The first kappa shape index (κ1) is 11.2. The van der Waals surface area contributed by atoms with Gasteiger partial charge < -0.3 is 14.8 Å². The maximum absolute atomic E-state index is 11.9. The van der Waals surface area contributed by atoms with E-state index >= 15 is 0 Å². The standard InChI is InChI=1S/C9H14NO3P/c1-7-4-5-8(6-9(7)10)14(11,12-2)13-3/h4-6H,10H2,1-3H3. The molecule has 0 saturated heterocycles. The van der Waals surface area contributed by atoms with E-state index in [0.717, 1.165) is 5.56 Å². The van der Waals surface area contributed by atoms with Crippen LogP contribution in [0.2, 0.25) is 0 Å². The van der Waals surface area contributed by atoms with E-state index in [1.807, 2.05) is 6.92 Å². The summed E-state index contributed by atoms with van der Waals surface area (Å²) in [6, 6.07) is 5.10. The molecule has 1 rings (SSSR count). The summed E-state index contributed by atoms with van der Waals surface area (Å²) in [6.45, 7) is 1.88. The first-order valence-corrected chi connectivity index (χ1v) is 5.66. The lowest BCUT2D eigenvalue weighted by Crippen LogP contribution is -2.09. The molecular formula is C9H14NO3P. The highest BCUT2D eigenvalue weighted by Crippen LogP contribution is 2.45. The molecule has 0 aliphatic carbocycles. The molecule has 0 aliphatic heterocycles. The first-order valence-electron chi connectivity index (χ1n) is 4.11. The van der Waals surface area contributed by atoms with Crippen LogP contribution < -0.4 is 11.0 Å². The lowest BCUT2D eigenvalue weighted by Gasteiger charge is -2.14. The van der Waals surface area contributed by atoms with Crippen molar-refractivity contribution in [2.75, 3.05) is 20.0 Å². The van der Waals surface area contributed by atoms with Crippen molar-refractivity contribution in [1.29, 1.82) is 0 Å². The van der Waals surface area contributed by atoms with Crippen molar-refractivity contribution in [3.8, 4) is 0 Å². The van der Waals surface area contributed by atoms with Gasteiger partial charge in [-0.1, -0.05) is 6.07 Å². The van der Waals surface area contributed by atoms with E-state index in [9.17, 15) is 4.57 Å². The molecule has 0 amide bonds. The molecule has 0 aromatic heterocycles. The average Bonchev–Trinajstić information content (AvgIpc) is 2.21. The van der Waals surface area contributed by atoms with E-state index in [0.29, 0.717) is 11.0 Å². The van der Waals surface area contributed by atoms with Gasteiger partial charge in [-0.2, -0.15) is 0 Å². The van der Waals surface area contributed by atoms with E-state index in [2.05, 4.69) is 0 Å². The second kappa shape index (κ2) is 4.13. The number of anilines is 1. The average molecular weight is 215 g/mol. The van der Waals surface area contributed by atoms with E-state index in [-0.39, 0.29) is 0 Å². The van der Waals surface area contributed by atoms with E-state index < -0.39 is 7.60 Å². The first-order chi connectivity index (χ1) is 6.53. The molecular weight excluding hydrogens is 201 g/mol. The van der Waals surface area contributed by atoms with Gasteiger partial charge in [0.15, 0.2) is 0 Å². The Morgan fingerprint density at radius 1 is 1.29 bits per heavy atom. The molecule has 0 atom stereocenters. The van der Waals surface area contributed by atoms with Crippen molar-refractivity contribution in [2.24, 2.45) is 0 Å². The summed E-state index contributed by atoms with van der Waals surface area (Å²) in [5, 5.41) is 0.477. The normalized spacial score (nSPS) is 11.6. The van der Waals surface area contributed by atoms with Gasteiger partial charge in [0.05, 0.1) is 5.30 Å². The summed E-state index contributed by atoms with van der Waals surface area (Å²) in [5.41, 5.74) is 7.21. The summed E-state index contributed by atoms with van der Waals surface area (Å²) < 4.78 is 21.6. The van der Waals surface area contributed by atoms with Crippen molar-refractivity contribution in [1.82, 2.24) is 0 Å². The Labute approximate surface area is 83.6 Å². The van der Waals surface area contributed by atoms with Crippen LogP contribution in [0.3, 0.4) is 0 Å². The molecule has 4 nitrogen and oxygen atoms in total. The van der Waals surface area contributed by atoms with E-state index in [4.69, 9.17) is 14.8 Å². The van der Waals surface area contributed by atoms with Crippen LogP contribution in [0.1, 0.15) is 5.56 Å². The Kier molecular flexibility index (Phi) is 3.32. The van der Waals surface area contributed by atoms with Gasteiger partial charge in [0.1, 0.15) is 0 Å². The SMILES string of the molecule is COP(=O)(OC)c1ccc(C)c(N)c1. The maximum atomic E-state index is 11.9. The molecule has 0 fully saturated rings. The molecule has 1 aromatic rings. The van der Waals surface area contributed by atoms with Gasteiger partial charge in [0.2, 0.25) is 0 Å². The van der Waals surface area contributed by atoms with Crippen molar-refractivity contribution >= 4 is 18.6 Å². The molecule has 0 heterocycles. The minimum atomic E-state index is -3.16. The van der Waals surface area contributed by atoms with Crippen molar-refractivity contribution in [2.45, 2.75) is 6.92 Å². The summed E-state index contributed by atoms with van der Waals surface area (Å²) in [4.78, 5) is 0. The van der Waals surface area contributed by atoms with Crippen LogP contribution in [0.5, 0.6) is 0 Å². The van der Waals surface area contributed by atoms with Crippen LogP contribution in [-0.4, -0.2) is 14.2 Å². The van der Waals surface area contributed by atoms with Crippen molar-refractivity contribution in [3.05, 3.63) is 23.8 Å². The molecule has 2 N–H and O–H groups in total. The Morgan fingerprint density at radius 2 is 1.86 bits per heavy atom. The number of nitrogen functional groups attached to an aromatic ring is 1. The minimum Gasteiger partial charge on any atom is -0.398 e. The van der Waals surface area contributed by atoms with Crippen LogP contribution in [0.25, 0.3) is 0 Å². The Hall–Kier alpha value is -0.830. The Morgan fingerprint density at radius 3 is 2.29 bits per heavy atom. The van der Waals surface area contributed by atoms with Crippen LogP contribution >= 0.6 is 7.60 Å². The number of rotatable bonds is 3. The monoisotopic (exact) mass is 215 g/mol. The second-order valence-corrected chi connectivity index (χ2v) is 5.15. The number of aryl methyl sites for hydroxylation is 1. The Bertz CT molecular complexity index is 370. The van der Waals surface area contributed by atoms with Crippen molar-refractivity contribution < 1.29 is 13.6 Å². The van der Waals surface area contributed by atoms with Crippen LogP contribution in [-0.2, 0) is 13.6 Å². The lowest BCUT2D eigenvalue weighted by molar-refractivity contribution is 0.287. The van der Waals surface area contributed by atoms with Gasteiger partial charge in [0, 0.05) is 19.9 Å². The van der Waals surface area contributed by atoms with Gasteiger partial charge >= 0.3 is 7.60 Å². The number of nitrogens with two attached hydrogens (primary N) is 1. The fourth-order valence-corrected chi connectivity index (χ4v) is 2.21. The topological polar surface area (TPSA) is 61.5 Å². The minimum absolute atomic E-state index is 0.477. The third-order valence-electron chi connectivity index (χ3n) is 2.06. The van der Waals surface area contributed by atoms with E-state index in [1.54, 1.807) is 18.2 Å². The van der Waals surface area contributed by atoms with Gasteiger partial charge in [-0.05, 0) is 24.6 Å². The zero-order valence-corrected chi connectivity index (χ0v) is 9.38. The maximum Gasteiger partial charge on any atom is 0.360 e. The number of benzene rings is 1. The lowest BCUT2D eigenvalue weighted by atomic mass is 10.2. The smallest absolute Gasteiger partial charge is 0.360 e. The van der Waals surface area contributed by atoms with Gasteiger partial charge in [-0.25, -0.2) is 0 Å². The third-order valence-corrected chi connectivity index (χ3v) is 3.93. The molecule has 0 bridgehead atoms. The predicted molar refractivity (Wildman–Crippen MR) is 56.8 cm³/mol. The zero-order chi connectivity index (χ0) is 10.8. The molecule has 0 unspecified atom stereocenters. The molecule has 0 saturated carbocycles. The highest BCUT2D eigenvalue weighted by Gasteiger charge is 2.24. The van der Waals surface area contributed by atoms with Gasteiger partial charge in [-0.15, -0.1) is 0 Å². The molecule has 78 valence electrons. The van der Waals surface area contributed by atoms with Crippen LogP contribution in [0.4, 0.5) is 5.69 Å². The summed E-state index contributed by atoms with van der Waals surface area (Å²) in [7, 11) is -0.465. The largest absolute Gasteiger partial charge is 0.398 e. The summed E-state index contributed by atoms with van der Waals surface area (Å²) in [5.74, 6) is 0. The highest BCUT2D eigenvalue weighted by atomic mass is 31.2. The van der Waals surface area contributed by atoms with Gasteiger partial charge in [-0.3, -0.25) is 4.57 Å². The number of hydrogen-bond donors (Lipinski definition) is 1. The van der Waals surface area contributed by atoms with Crippen LogP contribution in [0, 0.1) is 6.92 Å². The summed E-state index contributed by atoms with van der Waals surface area (Å²) >= 11 is 0. The Balaban J connectivity index is 3.19. The summed E-state index contributed by atoms with van der Waals surface area (Å²) in [6.07, 6.45) is 0. The molecule has 0 radical (unpaired) electrons. The zero-order valence-electron chi connectivity index (χ0n) is 8.48. The highest BCUT2D eigenvalue weighted by molar-refractivity contribution is 7.62. The molecule has 0 aliphatic rings. The molecule has 5 heteroatoms. The second-order valence-electron chi connectivity index (χ2n) is 2.90. The van der Waals surface area contributed by atoms with Crippen molar-refractivity contribution in [3.63, 3.8) is 0 Å². The molecule has 0 spiro atoms. The van der Waals surface area contributed by atoms with E-state index in [1.165, 1.54) is 14.2 Å². The van der Waals surface area contributed by atoms with Crippen LogP contribution in [0.15, 0.2) is 18.2 Å². The number of hydrogen-bond acceptors (Lipinski definition) is 4. The third kappa shape index (κ3) is 1.98. The molecule has 14 heavy (non-hydrogen) atoms. The predicted octanol–water partition coefficient (Wildman–Crippen LogP) is 1.69. The quantitative estimate of drug-likeness (QED) is 0.615. The molecule has 1 aromatic carbocycles. The fourth-order valence-electron chi connectivity index (χ4n) is 1.08. The fraction of sp³-hybridized carbons (Fsp3) is 0.333.